The largest absolute Gasteiger partial charge is 0.391 e. The Kier molecular flexibility index (Phi) is 4.34. The second-order valence-corrected chi connectivity index (χ2v) is 5.89. The molecule has 1 amide bonds. The van der Waals surface area contributed by atoms with Crippen LogP contribution in [-0.2, 0) is 4.79 Å². The number of likely N-dealkylation sites (tertiary alicyclic amines) is 1. The minimum absolute atomic E-state index is 0.0789. The normalized spacial score (nSPS) is 24.1. The number of anilines is 1. The van der Waals surface area contributed by atoms with Crippen molar-refractivity contribution < 1.29 is 9.90 Å². The van der Waals surface area contributed by atoms with Gasteiger partial charge in [-0.05, 0) is 31.7 Å². The third kappa shape index (κ3) is 3.32. The molecule has 1 unspecified atom stereocenters. The fourth-order valence-electron chi connectivity index (χ4n) is 3.19. The highest BCUT2D eigenvalue weighted by atomic mass is 16.3. The Morgan fingerprint density at radius 1 is 1.14 bits per heavy atom. The van der Waals surface area contributed by atoms with Gasteiger partial charge in [0, 0.05) is 44.5 Å². The van der Waals surface area contributed by atoms with Crippen molar-refractivity contribution in [2.45, 2.75) is 31.8 Å². The average molecular weight is 290 g/mol. The summed E-state index contributed by atoms with van der Waals surface area (Å²) in [6.07, 6.45) is 6.54. The maximum atomic E-state index is 12.5. The van der Waals surface area contributed by atoms with Crippen molar-refractivity contribution in [3.63, 3.8) is 0 Å². The summed E-state index contributed by atoms with van der Waals surface area (Å²) in [5.41, 5.74) is 0. The van der Waals surface area contributed by atoms with Crippen LogP contribution in [0.15, 0.2) is 18.5 Å². The van der Waals surface area contributed by atoms with E-state index in [1.165, 1.54) is 0 Å². The first-order valence-electron chi connectivity index (χ1n) is 7.73. The van der Waals surface area contributed by atoms with E-state index in [-0.39, 0.29) is 17.9 Å². The highest BCUT2D eigenvalue weighted by Gasteiger charge is 2.31. The third-order valence-electron chi connectivity index (χ3n) is 4.39. The Labute approximate surface area is 124 Å². The zero-order chi connectivity index (χ0) is 14.7. The lowest BCUT2D eigenvalue weighted by Crippen LogP contribution is -2.47. The first kappa shape index (κ1) is 14.3. The quantitative estimate of drug-likeness (QED) is 0.867. The summed E-state index contributed by atoms with van der Waals surface area (Å²) in [6, 6.07) is 1.81. The lowest BCUT2D eigenvalue weighted by atomic mass is 9.94. The maximum absolute atomic E-state index is 12.5. The second kappa shape index (κ2) is 6.39. The number of β-amino-alcohol motifs (C(OH)–C–C–N with tert-alkyl or cyclic N) is 1. The van der Waals surface area contributed by atoms with Gasteiger partial charge in [-0.3, -0.25) is 4.79 Å². The van der Waals surface area contributed by atoms with Gasteiger partial charge in [-0.25, -0.2) is 9.97 Å². The fraction of sp³-hybridized carbons (Fsp3) is 0.667. The number of rotatable bonds is 2. The minimum atomic E-state index is -0.347. The number of amides is 1. The van der Waals surface area contributed by atoms with Gasteiger partial charge >= 0.3 is 0 Å². The van der Waals surface area contributed by atoms with Gasteiger partial charge in [0.1, 0.15) is 0 Å². The standard InChI is InChI=1S/C15H22N4O2/c20-13-3-1-8-19(11-13)14(21)12-4-9-18(10-5-12)15-16-6-2-7-17-15/h2,6-7,12-13,20H,1,3-5,8-11H2. The topological polar surface area (TPSA) is 69.6 Å². The van der Waals surface area contributed by atoms with Gasteiger partial charge in [0.15, 0.2) is 0 Å². The number of carbonyl (C=O) groups excluding carboxylic acids is 1. The lowest BCUT2D eigenvalue weighted by molar-refractivity contribution is -0.139. The van der Waals surface area contributed by atoms with Gasteiger partial charge in [-0.2, -0.15) is 0 Å². The molecule has 6 heteroatoms. The molecule has 3 rings (SSSR count). The highest BCUT2D eigenvalue weighted by Crippen LogP contribution is 2.23. The number of aromatic nitrogens is 2. The second-order valence-electron chi connectivity index (χ2n) is 5.89. The molecule has 2 aliphatic heterocycles. The molecule has 0 spiro atoms. The van der Waals surface area contributed by atoms with Gasteiger partial charge < -0.3 is 14.9 Å². The average Bonchev–Trinajstić information content (AvgIpc) is 2.55. The smallest absolute Gasteiger partial charge is 0.225 e. The molecule has 0 aliphatic carbocycles. The summed E-state index contributed by atoms with van der Waals surface area (Å²) in [5, 5.41) is 9.70. The molecule has 0 radical (unpaired) electrons. The van der Waals surface area contributed by atoms with E-state index in [0.29, 0.717) is 6.54 Å². The van der Waals surface area contributed by atoms with E-state index in [0.717, 1.165) is 51.3 Å². The van der Waals surface area contributed by atoms with Crippen LogP contribution >= 0.6 is 0 Å². The molecule has 1 atom stereocenters. The zero-order valence-electron chi connectivity index (χ0n) is 12.2. The van der Waals surface area contributed by atoms with Crippen LogP contribution in [0.4, 0.5) is 5.95 Å². The van der Waals surface area contributed by atoms with Crippen molar-refractivity contribution in [3.8, 4) is 0 Å². The number of aliphatic hydroxyl groups is 1. The van der Waals surface area contributed by atoms with Crippen LogP contribution < -0.4 is 4.90 Å². The number of carbonyl (C=O) groups is 1. The summed E-state index contributed by atoms with van der Waals surface area (Å²) < 4.78 is 0. The van der Waals surface area contributed by atoms with E-state index in [1.807, 2.05) is 4.90 Å². The molecule has 2 aliphatic rings. The van der Waals surface area contributed by atoms with Crippen LogP contribution in [-0.4, -0.2) is 58.2 Å². The van der Waals surface area contributed by atoms with Crippen molar-refractivity contribution in [2.75, 3.05) is 31.1 Å². The van der Waals surface area contributed by atoms with Gasteiger partial charge in [-0.1, -0.05) is 0 Å². The molecule has 21 heavy (non-hydrogen) atoms. The van der Waals surface area contributed by atoms with Crippen molar-refractivity contribution in [1.82, 2.24) is 14.9 Å². The predicted octanol–water partition coefficient (Wildman–Crippen LogP) is 0.676. The van der Waals surface area contributed by atoms with Crippen molar-refractivity contribution in [2.24, 2.45) is 5.92 Å². The molecule has 2 saturated heterocycles. The molecule has 0 aromatic carbocycles. The molecule has 2 fully saturated rings. The summed E-state index contributed by atoms with van der Waals surface area (Å²) in [5.74, 6) is 1.04. The zero-order valence-corrected chi connectivity index (χ0v) is 12.2. The van der Waals surface area contributed by atoms with Gasteiger partial charge in [0.2, 0.25) is 11.9 Å². The minimum Gasteiger partial charge on any atom is -0.391 e. The molecule has 6 nitrogen and oxygen atoms in total. The fourth-order valence-corrected chi connectivity index (χ4v) is 3.19. The Morgan fingerprint density at radius 3 is 2.52 bits per heavy atom. The van der Waals surface area contributed by atoms with Gasteiger partial charge in [-0.15, -0.1) is 0 Å². The molecule has 0 bridgehead atoms. The molecular formula is C15H22N4O2. The molecule has 114 valence electrons. The first-order chi connectivity index (χ1) is 10.2. The van der Waals surface area contributed by atoms with E-state index in [2.05, 4.69) is 14.9 Å². The van der Waals surface area contributed by atoms with Crippen LogP contribution in [0.3, 0.4) is 0 Å². The van der Waals surface area contributed by atoms with Crippen molar-refractivity contribution in [1.29, 1.82) is 0 Å². The summed E-state index contributed by atoms with van der Waals surface area (Å²) >= 11 is 0. The number of piperidine rings is 2. The number of hydrogen-bond acceptors (Lipinski definition) is 5. The molecule has 3 heterocycles. The van der Waals surface area contributed by atoms with Crippen LogP contribution in [0, 0.1) is 5.92 Å². The van der Waals surface area contributed by atoms with E-state index < -0.39 is 0 Å². The monoisotopic (exact) mass is 290 g/mol. The van der Waals surface area contributed by atoms with Crippen molar-refractivity contribution in [3.05, 3.63) is 18.5 Å². The SMILES string of the molecule is O=C(C1CCN(c2ncccn2)CC1)N1CCCC(O)C1. The number of hydrogen-bond donors (Lipinski definition) is 1. The molecule has 0 saturated carbocycles. The predicted molar refractivity (Wildman–Crippen MR) is 78.8 cm³/mol. The van der Waals surface area contributed by atoms with E-state index in [4.69, 9.17) is 0 Å². The first-order valence-corrected chi connectivity index (χ1v) is 7.73. The van der Waals surface area contributed by atoms with E-state index in [9.17, 15) is 9.90 Å². The summed E-state index contributed by atoms with van der Waals surface area (Å²) in [4.78, 5) is 25.0. The van der Waals surface area contributed by atoms with E-state index >= 15 is 0 Å². The van der Waals surface area contributed by atoms with Crippen LogP contribution in [0.1, 0.15) is 25.7 Å². The number of nitrogens with zero attached hydrogens (tertiary/aromatic N) is 4. The Bertz CT molecular complexity index is 474. The molecular weight excluding hydrogens is 268 g/mol. The third-order valence-corrected chi connectivity index (χ3v) is 4.39. The van der Waals surface area contributed by atoms with Crippen LogP contribution in [0.2, 0.25) is 0 Å². The lowest BCUT2D eigenvalue weighted by Gasteiger charge is -2.36. The van der Waals surface area contributed by atoms with Crippen molar-refractivity contribution >= 4 is 11.9 Å². The Morgan fingerprint density at radius 2 is 1.86 bits per heavy atom. The Balaban J connectivity index is 1.54. The van der Waals surface area contributed by atoms with Gasteiger partial charge in [0.05, 0.1) is 6.10 Å². The molecule has 1 aromatic rings. The molecule has 1 N–H and O–H groups in total. The summed E-state index contributed by atoms with van der Waals surface area (Å²) in [6.45, 7) is 2.92. The maximum Gasteiger partial charge on any atom is 0.225 e. The van der Waals surface area contributed by atoms with Crippen LogP contribution in [0.5, 0.6) is 0 Å². The summed E-state index contributed by atoms with van der Waals surface area (Å²) in [7, 11) is 0. The Hall–Kier alpha value is -1.69. The van der Waals surface area contributed by atoms with E-state index in [1.54, 1.807) is 18.5 Å². The highest BCUT2D eigenvalue weighted by molar-refractivity contribution is 5.79. The molecule has 1 aromatic heterocycles. The van der Waals surface area contributed by atoms with Gasteiger partial charge in [0.25, 0.3) is 0 Å². The number of aliphatic hydroxyl groups excluding tert-OH is 1. The van der Waals surface area contributed by atoms with Crippen LogP contribution in [0.25, 0.3) is 0 Å².